The fourth-order valence-corrected chi connectivity index (χ4v) is 1.86. The molecule has 6 heteroatoms. The minimum atomic E-state index is -0.559. The minimum absolute atomic E-state index is 0.0871. The van der Waals surface area contributed by atoms with Gasteiger partial charge in [-0.15, -0.1) is 0 Å². The summed E-state index contributed by atoms with van der Waals surface area (Å²) in [5, 5.41) is 2.56. The van der Waals surface area contributed by atoms with Gasteiger partial charge in [0.25, 0.3) is 5.91 Å². The molecule has 4 nitrogen and oxygen atoms in total. The van der Waals surface area contributed by atoms with Crippen LogP contribution in [0.15, 0.2) is 42.5 Å². The Morgan fingerprint density at radius 1 is 1.29 bits per heavy atom. The van der Waals surface area contributed by atoms with E-state index < -0.39 is 5.82 Å². The monoisotopic (exact) mass is 308 g/mol. The van der Waals surface area contributed by atoms with Gasteiger partial charge in [-0.2, -0.15) is 0 Å². The Morgan fingerprint density at radius 2 is 2.05 bits per heavy atom. The average Bonchev–Trinajstić information content (AvgIpc) is 2.48. The van der Waals surface area contributed by atoms with E-state index in [0.717, 1.165) is 6.07 Å². The van der Waals surface area contributed by atoms with Gasteiger partial charge in [0.1, 0.15) is 18.2 Å². The van der Waals surface area contributed by atoms with Crippen LogP contribution in [-0.2, 0) is 0 Å². The van der Waals surface area contributed by atoms with E-state index in [1.807, 2.05) is 12.1 Å². The smallest absolute Gasteiger partial charge is 0.251 e. The molecule has 1 amide bonds. The van der Waals surface area contributed by atoms with Crippen LogP contribution >= 0.6 is 11.6 Å². The highest BCUT2D eigenvalue weighted by molar-refractivity contribution is 6.31. The van der Waals surface area contributed by atoms with Crippen molar-refractivity contribution < 1.29 is 13.9 Å². The molecule has 0 radical (unpaired) electrons. The molecular weight excluding hydrogens is 295 g/mol. The lowest BCUT2D eigenvalue weighted by atomic mass is 10.2. The van der Waals surface area contributed by atoms with Crippen molar-refractivity contribution >= 4 is 23.2 Å². The van der Waals surface area contributed by atoms with Gasteiger partial charge in [-0.3, -0.25) is 4.79 Å². The van der Waals surface area contributed by atoms with Crippen LogP contribution in [0.1, 0.15) is 10.4 Å². The Balaban J connectivity index is 1.82. The predicted molar refractivity (Wildman–Crippen MR) is 80.1 cm³/mol. The third-order valence-corrected chi connectivity index (χ3v) is 3.04. The second-order valence-electron chi connectivity index (χ2n) is 4.27. The summed E-state index contributed by atoms with van der Waals surface area (Å²) < 4.78 is 18.4. The summed E-state index contributed by atoms with van der Waals surface area (Å²) in [6.07, 6.45) is 0. The molecule has 0 saturated heterocycles. The number of carbonyl (C=O) groups excluding carboxylic acids is 1. The molecule has 0 aromatic heterocycles. The fraction of sp³-hybridized carbons (Fsp3) is 0.133. The summed E-state index contributed by atoms with van der Waals surface area (Å²) in [4.78, 5) is 11.8. The van der Waals surface area contributed by atoms with E-state index in [4.69, 9.17) is 22.1 Å². The Morgan fingerprint density at radius 3 is 2.76 bits per heavy atom. The summed E-state index contributed by atoms with van der Waals surface area (Å²) in [6, 6.07) is 10.9. The summed E-state index contributed by atoms with van der Waals surface area (Å²) in [7, 11) is 0. The molecule has 0 aliphatic carbocycles. The summed E-state index contributed by atoms with van der Waals surface area (Å²) >= 11 is 5.62. The third-order valence-electron chi connectivity index (χ3n) is 2.75. The number of hydrogen-bond donors (Lipinski definition) is 2. The maximum absolute atomic E-state index is 13.0. The van der Waals surface area contributed by atoms with Crippen LogP contribution in [0.3, 0.4) is 0 Å². The number of ether oxygens (including phenoxy) is 1. The SMILES string of the molecule is Nc1ccccc1OCCNC(=O)c1ccc(F)c(Cl)c1. The second kappa shape index (κ2) is 6.95. The first-order chi connectivity index (χ1) is 10.1. The molecule has 0 aliphatic heterocycles. The number of nitrogens with two attached hydrogens (primary N) is 1. The highest BCUT2D eigenvalue weighted by Crippen LogP contribution is 2.19. The molecule has 2 aromatic carbocycles. The zero-order chi connectivity index (χ0) is 15.2. The first kappa shape index (κ1) is 15.1. The Hall–Kier alpha value is -2.27. The van der Waals surface area contributed by atoms with E-state index in [9.17, 15) is 9.18 Å². The van der Waals surface area contributed by atoms with E-state index >= 15 is 0 Å². The lowest BCUT2D eigenvalue weighted by molar-refractivity contribution is 0.0947. The zero-order valence-corrected chi connectivity index (χ0v) is 11.9. The van der Waals surface area contributed by atoms with Crippen molar-refractivity contribution in [3.63, 3.8) is 0 Å². The number of hydrogen-bond acceptors (Lipinski definition) is 3. The van der Waals surface area contributed by atoms with Crippen LogP contribution < -0.4 is 15.8 Å². The Labute approximate surface area is 126 Å². The molecule has 0 saturated carbocycles. The maximum atomic E-state index is 13.0. The molecule has 0 spiro atoms. The van der Waals surface area contributed by atoms with Gasteiger partial charge in [-0.05, 0) is 30.3 Å². The van der Waals surface area contributed by atoms with Crippen LogP contribution in [-0.4, -0.2) is 19.1 Å². The maximum Gasteiger partial charge on any atom is 0.251 e. The highest BCUT2D eigenvalue weighted by atomic mass is 35.5. The van der Waals surface area contributed by atoms with Crippen LogP contribution in [0, 0.1) is 5.82 Å². The number of amides is 1. The van der Waals surface area contributed by atoms with Crippen molar-refractivity contribution in [1.82, 2.24) is 5.32 Å². The Kier molecular flexibility index (Phi) is 5.00. The van der Waals surface area contributed by atoms with Gasteiger partial charge >= 0.3 is 0 Å². The number of nitrogens with one attached hydrogen (secondary N) is 1. The number of carbonyl (C=O) groups is 1. The van der Waals surface area contributed by atoms with Gasteiger partial charge in [0, 0.05) is 5.56 Å². The lowest BCUT2D eigenvalue weighted by Gasteiger charge is -2.09. The summed E-state index contributed by atoms with van der Waals surface area (Å²) in [5.41, 5.74) is 6.55. The van der Waals surface area contributed by atoms with Crippen LogP contribution in [0.4, 0.5) is 10.1 Å². The minimum Gasteiger partial charge on any atom is -0.490 e. The highest BCUT2D eigenvalue weighted by Gasteiger charge is 2.08. The molecule has 0 unspecified atom stereocenters. The number of rotatable bonds is 5. The molecule has 3 N–H and O–H groups in total. The van der Waals surface area contributed by atoms with E-state index in [1.165, 1.54) is 12.1 Å². The molecule has 0 heterocycles. The van der Waals surface area contributed by atoms with Gasteiger partial charge in [-0.1, -0.05) is 23.7 Å². The predicted octanol–water partition coefficient (Wildman–Crippen LogP) is 2.87. The molecule has 0 bridgehead atoms. The first-order valence-corrected chi connectivity index (χ1v) is 6.66. The van der Waals surface area contributed by atoms with Crippen molar-refractivity contribution in [2.24, 2.45) is 0 Å². The number of benzene rings is 2. The van der Waals surface area contributed by atoms with Crippen molar-refractivity contribution in [2.75, 3.05) is 18.9 Å². The molecule has 2 aromatic rings. The van der Waals surface area contributed by atoms with Crippen LogP contribution in [0.5, 0.6) is 5.75 Å². The van der Waals surface area contributed by atoms with Gasteiger partial charge in [0.2, 0.25) is 0 Å². The molecule has 110 valence electrons. The normalized spacial score (nSPS) is 10.2. The van der Waals surface area contributed by atoms with E-state index in [1.54, 1.807) is 12.1 Å². The van der Waals surface area contributed by atoms with Crippen molar-refractivity contribution in [1.29, 1.82) is 0 Å². The average molecular weight is 309 g/mol. The summed E-state index contributed by atoms with van der Waals surface area (Å²) in [5.74, 6) is -0.339. The number of halogens is 2. The summed E-state index contributed by atoms with van der Waals surface area (Å²) in [6.45, 7) is 0.567. The number of anilines is 1. The second-order valence-corrected chi connectivity index (χ2v) is 4.68. The van der Waals surface area contributed by atoms with E-state index in [0.29, 0.717) is 23.5 Å². The van der Waals surface area contributed by atoms with Crippen molar-refractivity contribution in [2.45, 2.75) is 0 Å². The molecule has 0 fully saturated rings. The van der Waals surface area contributed by atoms with Gasteiger partial charge in [0.05, 0.1) is 17.3 Å². The molecule has 2 rings (SSSR count). The quantitative estimate of drug-likeness (QED) is 0.659. The van der Waals surface area contributed by atoms with E-state index in [-0.39, 0.29) is 17.5 Å². The van der Waals surface area contributed by atoms with Gasteiger partial charge in [0.15, 0.2) is 0 Å². The standard InChI is InChI=1S/C15H14ClFN2O2/c16-11-9-10(5-6-12(11)17)15(20)19-7-8-21-14-4-2-1-3-13(14)18/h1-6,9H,7-8,18H2,(H,19,20). The fourth-order valence-electron chi connectivity index (χ4n) is 1.68. The van der Waals surface area contributed by atoms with Crippen molar-refractivity contribution in [3.05, 3.63) is 58.9 Å². The Bertz CT molecular complexity index is 649. The van der Waals surface area contributed by atoms with E-state index in [2.05, 4.69) is 5.32 Å². The van der Waals surface area contributed by atoms with Crippen LogP contribution in [0.2, 0.25) is 5.02 Å². The molecular formula is C15H14ClFN2O2. The molecule has 21 heavy (non-hydrogen) atoms. The number of para-hydroxylation sites is 2. The molecule has 0 aliphatic rings. The lowest BCUT2D eigenvalue weighted by Crippen LogP contribution is -2.28. The largest absolute Gasteiger partial charge is 0.490 e. The van der Waals surface area contributed by atoms with Gasteiger partial charge in [-0.25, -0.2) is 4.39 Å². The first-order valence-electron chi connectivity index (χ1n) is 6.28. The third kappa shape index (κ3) is 4.10. The number of nitrogen functional groups attached to an aromatic ring is 1. The van der Waals surface area contributed by atoms with Gasteiger partial charge < -0.3 is 15.8 Å². The van der Waals surface area contributed by atoms with Crippen molar-refractivity contribution in [3.8, 4) is 5.75 Å². The molecule has 0 atom stereocenters. The zero-order valence-electron chi connectivity index (χ0n) is 11.1. The van der Waals surface area contributed by atoms with Crippen LogP contribution in [0.25, 0.3) is 0 Å². The topological polar surface area (TPSA) is 64.3 Å².